The minimum absolute atomic E-state index is 0.675. The SMILES string of the molecule is C1=CC(c2ccc(-c3nc(-c4cccc(-c5ccccc5)c4)nc(-c4cccc5c4-c4ccccc4C5)n3)c3c2Cc2ccccc2-3)=CCC1. The molecule has 1 heterocycles. The van der Waals surface area contributed by atoms with E-state index in [0.29, 0.717) is 17.5 Å². The highest BCUT2D eigenvalue weighted by Gasteiger charge is 2.28. The predicted molar refractivity (Wildman–Crippen MR) is 204 cm³/mol. The third kappa shape index (κ3) is 4.77. The molecular weight excluding hydrogens is 607 g/mol. The van der Waals surface area contributed by atoms with Crippen LogP contribution >= 0.6 is 0 Å². The Morgan fingerprint density at radius 3 is 1.80 bits per heavy atom. The highest BCUT2D eigenvalue weighted by Crippen LogP contribution is 2.47. The number of fused-ring (bicyclic) bond motifs is 6. The zero-order chi connectivity index (χ0) is 33.0. The second-order valence-electron chi connectivity index (χ2n) is 13.4. The van der Waals surface area contributed by atoms with E-state index in [2.05, 4.69) is 152 Å². The summed E-state index contributed by atoms with van der Waals surface area (Å²) in [5, 5.41) is 0. The van der Waals surface area contributed by atoms with E-state index in [1.807, 2.05) is 0 Å². The van der Waals surface area contributed by atoms with Crippen molar-refractivity contribution in [2.24, 2.45) is 0 Å². The largest absolute Gasteiger partial charge is 0.208 e. The van der Waals surface area contributed by atoms with E-state index in [9.17, 15) is 0 Å². The fourth-order valence-corrected chi connectivity index (χ4v) is 8.11. The van der Waals surface area contributed by atoms with Gasteiger partial charge in [-0.15, -0.1) is 0 Å². The van der Waals surface area contributed by atoms with Crippen molar-refractivity contribution in [2.75, 3.05) is 0 Å². The predicted octanol–water partition coefficient (Wildman–Crippen LogP) is 11.4. The molecule has 0 bridgehead atoms. The third-order valence-corrected chi connectivity index (χ3v) is 10.4. The van der Waals surface area contributed by atoms with Crippen molar-refractivity contribution in [3.05, 3.63) is 180 Å². The Morgan fingerprint density at radius 2 is 1.00 bits per heavy atom. The third-order valence-electron chi connectivity index (χ3n) is 10.4. The summed E-state index contributed by atoms with van der Waals surface area (Å²) >= 11 is 0. The van der Waals surface area contributed by atoms with Crippen molar-refractivity contribution >= 4 is 5.57 Å². The van der Waals surface area contributed by atoms with Crippen LogP contribution in [0.2, 0.25) is 0 Å². The topological polar surface area (TPSA) is 38.7 Å². The second kappa shape index (κ2) is 11.7. The van der Waals surface area contributed by atoms with E-state index in [0.717, 1.165) is 53.5 Å². The average Bonchev–Trinajstić information content (AvgIpc) is 3.77. The van der Waals surface area contributed by atoms with Gasteiger partial charge in [0.05, 0.1) is 0 Å². The fourth-order valence-electron chi connectivity index (χ4n) is 8.11. The molecule has 10 rings (SSSR count). The van der Waals surface area contributed by atoms with Crippen LogP contribution in [0.3, 0.4) is 0 Å². The first kappa shape index (κ1) is 28.8. The number of allylic oxidation sites excluding steroid dienone is 4. The monoisotopic (exact) mass is 639 g/mol. The Bertz CT molecular complexity index is 2540. The Labute approximate surface area is 292 Å². The summed E-state index contributed by atoms with van der Waals surface area (Å²) < 4.78 is 0. The molecule has 0 amide bonds. The first-order chi connectivity index (χ1) is 24.8. The molecule has 6 aromatic carbocycles. The van der Waals surface area contributed by atoms with Crippen molar-refractivity contribution in [3.63, 3.8) is 0 Å². The number of hydrogen-bond donors (Lipinski definition) is 0. The molecule has 3 nitrogen and oxygen atoms in total. The van der Waals surface area contributed by atoms with E-state index in [1.165, 1.54) is 55.6 Å². The molecule has 0 radical (unpaired) electrons. The summed E-state index contributed by atoms with van der Waals surface area (Å²) in [5.74, 6) is 2.08. The van der Waals surface area contributed by atoms with Gasteiger partial charge in [-0.2, -0.15) is 0 Å². The van der Waals surface area contributed by atoms with Gasteiger partial charge in [0.25, 0.3) is 0 Å². The maximum atomic E-state index is 5.37. The normalized spacial score (nSPS) is 13.7. The Balaban J connectivity index is 1.22. The number of rotatable bonds is 5. The van der Waals surface area contributed by atoms with Crippen molar-refractivity contribution in [3.8, 4) is 67.5 Å². The molecule has 0 N–H and O–H groups in total. The molecule has 3 heteroatoms. The molecule has 236 valence electrons. The average molecular weight is 640 g/mol. The standard InChI is InChI=1S/C47H33N3/c1-3-13-30(14-4-1)32-19-11-21-36(27-32)45-48-46(40-24-12-20-35-28-33-17-7-9-22-38(33)43(35)40)50-47(49-45)41-26-25-37(31-15-5-2-6-16-31)42-29-34-18-8-10-23-39(34)44(41)42/h1,3-5,7-27H,2,6,28-29H2. The minimum Gasteiger partial charge on any atom is -0.208 e. The molecule has 0 fully saturated rings. The maximum absolute atomic E-state index is 5.37. The lowest BCUT2D eigenvalue weighted by Gasteiger charge is -2.17. The number of benzene rings is 6. The van der Waals surface area contributed by atoms with Crippen molar-refractivity contribution in [1.29, 1.82) is 0 Å². The molecule has 1 aromatic heterocycles. The van der Waals surface area contributed by atoms with E-state index in [4.69, 9.17) is 15.0 Å². The number of hydrogen-bond acceptors (Lipinski definition) is 3. The Hall–Kier alpha value is -6.19. The molecule has 50 heavy (non-hydrogen) atoms. The van der Waals surface area contributed by atoms with Gasteiger partial charge in [-0.25, -0.2) is 15.0 Å². The van der Waals surface area contributed by atoms with Gasteiger partial charge in [-0.05, 0) is 105 Å². The highest BCUT2D eigenvalue weighted by atomic mass is 15.0. The summed E-state index contributed by atoms with van der Waals surface area (Å²) in [6, 6.07) is 47.7. The van der Waals surface area contributed by atoms with Gasteiger partial charge in [0.2, 0.25) is 0 Å². The lowest BCUT2D eigenvalue weighted by atomic mass is 9.89. The van der Waals surface area contributed by atoms with E-state index in [1.54, 1.807) is 0 Å². The summed E-state index contributed by atoms with van der Waals surface area (Å²) in [6.07, 6.45) is 10.9. The quantitative estimate of drug-likeness (QED) is 0.188. The van der Waals surface area contributed by atoms with Crippen LogP contribution in [-0.4, -0.2) is 15.0 Å². The van der Waals surface area contributed by atoms with Crippen molar-refractivity contribution in [2.45, 2.75) is 25.7 Å². The van der Waals surface area contributed by atoms with Gasteiger partial charge in [0, 0.05) is 16.7 Å². The van der Waals surface area contributed by atoms with Crippen molar-refractivity contribution in [1.82, 2.24) is 15.0 Å². The zero-order valence-electron chi connectivity index (χ0n) is 27.6. The summed E-state index contributed by atoms with van der Waals surface area (Å²) in [6.45, 7) is 0. The van der Waals surface area contributed by atoms with Gasteiger partial charge in [-0.1, -0.05) is 140 Å². The van der Waals surface area contributed by atoms with E-state index >= 15 is 0 Å². The van der Waals surface area contributed by atoms with Gasteiger partial charge in [0.1, 0.15) is 0 Å². The molecular formula is C47H33N3. The first-order valence-electron chi connectivity index (χ1n) is 17.5. The molecule has 3 aliphatic rings. The van der Waals surface area contributed by atoms with Crippen LogP contribution in [-0.2, 0) is 12.8 Å². The molecule has 0 spiro atoms. The summed E-state index contributed by atoms with van der Waals surface area (Å²) in [4.78, 5) is 16.0. The summed E-state index contributed by atoms with van der Waals surface area (Å²) in [7, 11) is 0. The Morgan fingerprint density at radius 1 is 0.400 bits per heavy atom. The molecule has 0 aliphatic heterocycles. The fraction of sp³-hybridized carbons (Fsp3) is 0.0851. The van der Waals surface area contributed by atoms with Gasteiger partial charge >= 0.3 is 0 Å². The van der Waals surface area contributed by atoms with Crippen LogP contribution in [0.15, 0.2) is 152 Å². The van der Waals surface area contributed by atoms with Crippen LogP contribution in [0.5, 0.6) is 0 Å². The van der Waals surface area contributed by atoms with Crippen LogP contribution < -0.4 is 0 Å². The van der Waals surface area contributed by atoms with E-state index in [-0.39, 0.29) is 0 Å². The Kier molecular flexibility index (Phi) is 6.76. The number of aromatic nitrogens is 3. The van der Waals surface area contributed by atoms with Crippen LogP contribution in [0, 0.1) is 0 Å². The lowest BCUT2D eigenvalue weighted by molar-refractivity contribution is 1.04. The minimum atomic E-state index is 0.675. The van der Waals surface area contributed by atoms with Gasteiger partial charge < -0.3 is 0 Å². The molecule has 7 aromatic rings. The van der Waals surface area contributed by atoms with Crippen molar-refractivity contribution < 1.29 is 0 Å². The zero-order valence-corrected chi connectivity index (χ0v) is 27.6. The highest BCUT2D eigenvalue weighted by molar-refractivity contribution is 5.95. The molecule has 0 atom stereocenters. The molecule has 0 saturated heterocycles. The van der Waals surface area contributed by atoms with Crippen LogP contribution in [0.4, 0.5) is 0 Å². The lowest BCUT2D eigenvalue weighted by Crippen LogP contribution is -2.03. The molecule has 0 saturated carbocycles. The van der Waals surface area contributed by atoms with Crippen LogP contribution in [0.25, 0.3) is 73.1 Å². The second-order valence-corrected chi connectivity index (χ2v) is 13.4. The van der Waals surface area contributed by atoms with Gasteiger partial charge in [0.15, 0.2) is 17.5 Å². The van der Waals surface area contributed by atoms with Crippen LogP contribution in [0.1, 0.15) is 40.7 Å². The smallest absolute Gasteiger partial charge is 0.164 e. The first-order valence-corrected chi connectivity index (χ1v) is 17.5. The maximum Gasteiger partial charge on any atom is 0.164 e. The summed E-state index contributed by atoms with van der Waals surface area (Å²) in [5.41, 5.74) is 18.3. The van der Waals surface area contributed by atoms with Gasteiger partial charge in [-0.3, -0.25) is 0 Å². The van der Waals surface area contributed by atoms with E-state index < -0.39 is 0 Å². The molecule has 3 aliphatic carbocycles. The molecule has 0 unspecified atom stereocenters. The number of nitrogens with zero attached hydrogens (tertiary/aromatic N) is 3.